The molecule has 0 aliphatic heterocycles. The standard InChI is InChI=1S/C10H10Br3Cl/c11-5-7(6-12)3-8-1-2-9(13)4-10(8)14/h1-2,4,7H,3,5-6H2. The van der Waals surface area contributed by atoms with Gasteiger partial charge >= 0.3 is 0 Å². The molecule has 0 fully saturated rings. The zero-order valence-electron chi connectivity index (χ0n) is 7.44. The molecule has 0 unspecified atom stereocenters. The first-order valence-electron chi connectivity index (χ1n) is 4.23. The number of hydrogen-bond donors (Lipinski definition) is 0. The summed E-state index contributed by atoms with van der Waals surface area (Å²) in [6.07, 6.45) is 1.00. The topological polar surface area (TPSA) is 0 Å². The van der Waals surface area contributed by atoms with E-state index in [4.69, 9.17) is 11.6 Å². The Morgan fingerprint density at radius 1 is 1.21 bits per heavy atom. The quantitative estimate of drug-likeness (QED) is 0.615. The average molecular weight is 405 g/mol. The molecule has 0 saturated heterocycles. The maximum atomic E-state index is 6.13. The Kier molecular flexibility index (Phi) is 6.06. The molecule has 0 radical (unpaired) electrons. The summed E-state index contributed by atoms with van der Waals surface area (Å²) in [5.74, 6) is 0.591. The highest BCUT2D eigenvalue weighted by Crippen LogP contribution is 2.24. The zero-order chi connectivity index (χ0) is 10.6. The summed E-state index contributed by atoms with van der Waals surface area (Å²) < 4.78 is 1.03. The molecule has 0 nitrogen and oxygen atoms in total. The van der Waals surface area contributed by atoms with Crippen LogP contribution in [0.3, 0.4) is 0 Å². The third-order valence-electron chi connectivity index (χ3n) is 1.96. The summed E-state index contributed by atoms with van der Waals surface area (Å²) >= 11 is 16.5. The van der Waals surface area contributed by atoms with Gasteiger partial charge in [-0.05, 0) is 30.0 Å². The van der Waals surface area contributed by atoms with Gasteiger partial charge in [0, 0.05) is 20.2 Å². The van der Waals surface area contributed by atoms with Crippen LogP contribution in [0.2, 0.25) is 5.02 Å². The van der Waals surface area contributed by atoms with Crippen molar-refractivity contribution in [3.8, 4) is 0 Å². The molecule has 0 saturated carbocycles. The van der Waals surface area contributed by atoms with Gasteiger partial charge < -0.3 is 0 Å². The van der Waals surface area contributed by atoms with E-state index in [-0.39, 0.29) is 0 Å². The van der Waals surface area contributed by atoms with Gasteiger partial charge in [-0.3, -0.25) is 0 Å². The largest absolute Gasteiger partial charge is 0.0925 e. The molecule has 1 aromatic carbocycles. The van der Waals surface area contributed by atoms with Gasteiger partial charge in [-0.15, -0.1) is 0 Å². The van der Waals surface area contributed by atoms with E-state index in [0.717, 1.165) is 26.6 Å². The fourth-order valence-electron chi connectivity index (χ4n) is 1.15. The van der Waals surface area contributed by atoms with Gasteiger partial charge in [0.15, 0.2) is 0 Å². The van der Waals surface area contributed by atoms with Crippen LogP contribution in [0.25, 0.3) is 0 Å². The Morgan fingerprint density at radius 2 is 1.86 bits per heavy atom. The molecule has 0 aromatic heterocycles. The van der Waals surface area contributed by atoms with Gasteiger partial charge in [-0.1, -0.05) is 65.5 Å². The summed E-state index contributed by atoms with van der Waals surface area (Å²) in [5.41, 5.74) is 1.21. The minimum absolute atomic E-state index is 0.591. The minimum atomic E-state index is 0.591. The zero-order valence-corrected chi connectivity index (χ0v) is 13.0. The Hall–Kier alpha value is 0.950. The number of rotatable bonds is 4. The SMILES string of the molecule is Clc1cc(Br)ccc1CC(CBr)CBr. The second-order valence-corrected chi connectivity index (χ2v) is 5.73. The van der Waals surface area contributed by atoms with Crippen LogP contribution in [0.5, 0.6) is 0 Å². The highest BCUT2D eigenvalue weighted by molar-refractivity contribution is 9.10. The lowest BCUT2D eigenvalue weighted by Crippen LogP contribution is -2.07. The molecule has 0 N–H and O–H groups in total. The van der Waals surface area contributed by atoms with E-state index in [1.165, 1.54) is 5.56 Å². The van der Waals surface area contributed by atoms with Crippen LogP contribution in [0, 0.1) is 5.92 Å². The predicted molar refractivity (Wildman–Crippen MR) is 73.9 cm³/mol. The molecule has 4 heteroatoms. The van der Waals surface area contributed by atoms with Crippen molar-refractivity contribution in [2.24, 2.45) is 5.92 Å². The van der Waals surface area contributed by atoms with E-state index < -0.39 is 0 Å². The third-order valence-corrected chi connectivity index (χ3v) is 4.64. The summed E-state index contributed by atoms with van der Waals surface area (Å²) in [7, 11) is 0. The van der Waals surface area contributed by atoms with Crippen molar-refractivity contribution < 1.29 is 0 Å². The van der Waals surface area contributed by atoms with Crippen molar-refractivity contribution in [1.82, 2.24) is 0 Å². The molecule has 0 aliphatic carbocycles. The second-order valence-electron chi connectivity index (χ2n) is 3.11. The van der Waals surface area contributed by atoms with Gasteiger partial charge in [0.2, 0.25) is 0 Å². The maximum Gasteiger partial charge on any atom is 0.0449 e. The molecule has 14 heavy (non-hydrogen) atoms. The Morgan fingerprint density at radius 3 is 2.36 bits per heavy atom. The lowest BCUT2D eigenvalue weighted by Gasteiger charge is -2.11. The summed E-state index contributed by atoms with van der Waals surface area (Å²) in [6.45, 7) is 0. The first-order valence-corrected chi connectivity index (χ1v) is 7.64. The van der Waals surface area contributed by atoms with E-state index >= 15 is 0 Å². The average Bonchev–Trinajstić information content (AvgIpc) is 2.17. The van der Waals surface area contributed by atoms with Crippen molar-refractivity contribution in [2.45, 2.75) is 6.42 Å². The summed E-state index contributed by atoms with van der Waals surface area (Å²) in [4.78, 5) is 0. The second kappa shape index (κ2) is 6.51. The Bertz CT molecular complexity index is 297. The number of halogens is 4. The van der Waals surface area contributed by atoms with Crippen molar-refractivity contribution in [1.29, 1.82) is 0 Å². The Labute approximate surface area is 115 Å². The van der Waals surface area contributed by atoms with Crippen LogP contribution in [0.15, 0.2) is 22.7 Å². The lowest BCUT2D eigenvalue weighted by atomic mass is 10.0. The fourth-order valence-corrected chi connectivity index (χ4v) is 3.43. The highest BCUT2D eigenvalue weighted by atomic mass is 79.9. The molecule has 0 bridgehead atoms. The molecule has 0 heterocycles. The highest BCUT2D eigenvalue weighted by Gasteiger charge is 2.09. The number of alkyl halides is 2. The molecule has 0 atom stereocenters. The Balaban J connectivity index is 2.76. The van der Waals surface area contributed by atoms with Crippen molar-refractivity contribution in [2.75, 3.05) is 10.7 Å². The van der Waals surface area contributed by atoms with Crippen LogP contribution < -0.4 is 0 Å². The minimum Gasteiger partial charge on any atom is -0.0925 e. The first-order chi connectivity index (χ1) is 6.67. The molecular weight excluding hydrogens is 395 g/mol. The molecule has 1 aromatic rings. The van der Waals surface area contributed by atoms with Crippen LogP contribution >= 0.6 is 59.4 Å². The van der Waals surface area contributed by atoms with Gasteiger partial charge in [0.1, 0.15) is 0 Å². The number of hydrogen-bond acceptors (Lipinski definition) is 0. The van der Waals surface area contributed by atoms with Crippen molar-refractivity contribution in [3.05, 3.63) is 33.3 Å². The van der Waals surface area contributed by atoms with Gasteiger partial charge in [-0.25, -0.2) is 0 Å². The normalized spacial score (nSPS) is 10.9. The number of benzene rings is 1. The predicted octanol–water partition coefficient (Wildman–Crippen LogP) is 5.05. The lowest BCUT2D eigenvalue weighted by molar-refractivity contribution is 0.679. The summed E-state index contributed by atoms with van der Waals surface area (Å²) in [6, 6.07) is 6.04. The molecular formula is C10H10Br3Cl. The van der Waals surface area contributed by atoms with E-state index in [1.807, 2.05) is 12.1 Å². The molecule has 0 aliphatic rings. The molecule has 1 rings (SSSR count). The third kappa shape index (κ3) is 3.84. The van der Waals surface area contributed by atoms with Crippen LogP contribution in [-0.2, 0) is 6.42 Å². The van der Waals surface area contributed by atoms with Gasteiger partial charge in [0.05, 0.1) is 0 Å². The molecule has 0 spiro atoms. The molecule has 0 amide bonds. The van der Waals surface area contributed by atoms with Crippen molar-refractivity contribution >= 4 is 59.4 Å². The monoisotopic (exact) mass is 402 g/mol. The van der Waals surface area contributed by atoms with Gasteiger partial charge in [0.25, 0.3) is 0 Å². The van der Waals surface area contributed by atoms with Gasteiger partial charge in [-0.2, -0.15) is 0 Å². The summed E-state index contributed by atoms with van der Waals surface area (Å²) in [5, 5.41) is 2.82. The van der Waals surface area contributed by atoms with E-state index in [1.54, 1.807) is 0 Å². The van der Waals surface area contributed by atoms with Crippen LogP contribution in [-0.4, -0.2) is 10.7 Å². The van der Waals surface area contributed by atoms with Crippen molar-refractivity contribution in [3.63, 3.8) is 0 Å². The van der Waals surface area contributed by atoms with Crippen LogP contribution in [0.4, 0.5) is 0 Å². The van der Waals surface area contributed by atoms with E-state index in [0.29, 0.717) is 5.92 Å². The smallest absolute Gasteiger partial charge is 0.0449 e. The van der Waals surface area contributed by atoms with E-state index in [2.05, 4.69) is 53.9 Å². The maximum absolute atomic E-state index is 6.13. The fraction of sp³-hybridized carbons (Fsp3) is 0.400. The van der Waals surface area contributed by atoms with E-state index in [9.17, 15) is 0 Å². The molecule has 78 valence electrons. The first kappa shape index (κ1) is 13.0. The van der Waals surface area contributed by atoms with Crippen LogP contribution in [0.1, 0.15) is 5.56 Å².